The van der Waals surface area contributed by atoms with Crippen LogP contribution in [0, 0.1) is 11.3 Å². The summed E-state index contributed by atoms with van der Waals surface area (Å²) in [6, 6.07) is 0. The van der Waals surface area contributed by atoms with E-state index in [-0.39, 0.29) is 11.8 Å². The molecule has 3 fully saturated rings. The number of amides is 2. The summed E-state index contributed by atoms with van der Waals surface area (Å²) in [5, 5.41) is 0. The number of hydrogen-bond donors (Lipinski definition) is 0. The molecule has 0 aromatic rings. The van der Waals surface area contributed by atoms with Crippen molar-refractivity contribution in [1.29, 1.82) is 0 Å². The van der Waals surface area contributed by atoms with Crippen LogP contribution >= 0.6 is 0 Å². The highest BCUT2D eigenvalue weighted by molar-refractivity contribution is 5.76. The molecule has 2 amide bonds. The first-order chi connectivity index (χ1) is 10.1. The molecule has 0 aromatic carbocycles. The SMILES string of the molecule is CC(=O)N1CC(CCC(=O)N2CCOCC2)C2(CCC2)C1. The van der Waals surface area contributed by atoms with Crippen molar-refractivity contribution < 1.29 is 14.3 Å². The lowest BCUT2D eigenvalue weighted by Crippen LogP contribution is -2.41. The molecule has 0 radical (unpaired) electrons. The molecular formula is C16H26N2O3. The van der Waals surface area contributed by atoms with Gasteiger partial charge in [-0.05, 0) is 30.6 Å². The normalized spacial score (nSPS) is 27.8. The first-order valence-corrected chi connectivity index (χ1v) is 8.22. The molecule has 0 bridgehead atoms. The van der Waals surface area contributed by atoms with Crippen molar-refractivity contribution in [3.05, 3.63) is 0 Å². The molecule has 1 unspecified atom stereocenters. The molecule has 2 saturated heterocycles. The Morgan fingerprint density at radius 1 is 1.19 bits per heavy atom. The molecular weight excluding hydrogens is 268 g/mol. The second kappa shape index (κ2) is 5.95. The predicted octanol–water partition coefficient (Wildman–Crippen LogP) is 1.27. The number of carbonyl (C=O) groups excluding carboxylic acids is 2. The van der Waals surface area contributed by atoms with E-state index in [1.165, 1.54) is 19.3 Å². The fraction of sp³-hybridized carbons (Fsp3) is 0.875. The van der Waals surface area contributed by atoms with E-state index in [2.05, 4.69) is 0 Å². The highest BCUT2D eigenvalue weighted by atomic mass is 16.5. The molecule has 3 rings (SSSR count). The number of likely N-dealkylation sites (tertiary alicyclic amines) is 1. The van der Waals surface area contributed by atoms with Crippen molar-refractivity contribution in [2.24, 2.45) is 11.3 Å². The van der Waals surface area contributed by atoms with E-state index in [4.69, 9.17) is 4.74 Å². The average Bonchev–Trinajstić information content (AvgIpc) is 2.86. The summed E-state index contributed by atoms with van der Waals surface area (Å²) >= 11 is 0. The van der Waals surface area contributed by atoms with Gasteiger partial charge in [-0.1, -0.05) is 6.42 Å². The molecule has 1 atom stereocenters. The zero-order valence-electron chi connectivity index (χ0n) is 13.0. The summed E-state index contributed by atoms with van der Waals surface area (Å²) < 4.78 is 5.29. The quantitative estimate of drug-likeness (QED) is 0.788. The maximum atomic E-state index is 12.3. The first-order valence-electron chi connectivity index (χ1n) is 8.22. The van der Waals surface area contributed by atoms with Gasteiger partial charge in [0.15, 0.2) is 0 Å². The largest absolute Gasteiger partial charge is 0.378 e. The molecule has 118 valence electrons. The maximum absolute atomic E-state index is 12.3. The number of nitrogens with zero attached hydrogens (tertiary/aromatic N) is 2. The van der Waals surface area contributed by atoms with Crippen molar-refractivity contribution in [3.8, 4) is 0 Å². The van der Waals surface area contributed by atoms with E-state index < -0.39 is 0 Å². The Morgan fingerprint density at radius 2 is 1.90 bits per heavy atom. The lowest BCUT2D eigenvalue weighted by molar-refractivity contribution is -0.135. The van der Waals surface area contributed by atoms with Gasteiger partial charge in [0.1, 0.15) is 0 Å². The summed E-state index contributed by atoms with van der Waals surface area (Å²) in [7, 11) is 0. The monoisotopic (exact) mass is 294 g/mol. The van der Waals surface area contributed by atoms with Crippen molar-refractivity contribution in [1.82, 2.24) is 9.80 Å². The zero-order valence-corrected chi connectivity index (χ0v) is 13.0. The summed E-state index contributed by atoms with van der Waals surface area (Å²) in [6.07, 6.45) is 5.29. The van der Waals surface area contributed by atoms with Crippen molar-refractivity contribution >= 4 is 11.8 Å². The second-order valence-corrected chi connectivity index (χ2v) is 6.84. The summed E-state index contributed by atoms with van der Waals surface area (Å²) in [5.74, 6) is 0.956. The summed E-state index contributed by atoms with van der Waals surface area (Å²) in [6.45, 7) is 6.22. The van der Waals surface area contributed by atoms with Crippen LogP contribution in [0.1, 0.15) is 39.0 Å². The fourth-order valence-electron chi connectivity index (χ4n) is 4.14. The standard InChI is InChI=1S/C16H26N2O3/c1-13(19)18-11-14(16(12-18)5-2-6-16)3-4-15(20)17-7-9-21-10-8-17/h14H,2-12H2,1H3. The van der Waals surface area contributed by atoms with Crippen LogP contribution in [0.4, 0.5) is 0 Å². The Balaban J connectivity index is 1.54. The molecule has 0 N–H and O–H groups in total. The van der Waals surface area contributed by atoms with Gasteiger partial charge in [-0.15, -0.1) is 0 Å². The second-order valence-electron chi connectivity index (χ2n) is 6.84. The average molecular weight is 294 g/mol. The minimum atomic E-state index is 0.184. The van der Waals surface area contributed by atoms with Gasteiger partial charge in [0.25, 0.3) is 0 Å². The Kier molecular flexibility index (Phi) is 4.20. The third-order valence-electron chi connectivity index (χ3n) is 5.68. The Hall–Kier alpha value is -1.10. The minimum Gasteiger partial charge on any atom is -0.378 e. The van der Waals surface area contributed by atoms with Crippen LogP contribution < -0.4 is 0 Å². The molecule has 5 heteroatoms. The minimum absolute atomic E-state index is 0.184. The lowest BCUT2D eigenvalue weighted by Gasteiger charge is -2.43. The number of rotatable bonds is 3. The molecule has 3 aliphatic rings. The van der Waals surface area contributed by atoms with Crippen molar-refractivity contribution in [2.45, 2.75) is 39.0 Å². The molecule has 5 nitrogen and oxygen atoms in total. The molecule has 2 heterocycles. The van der Waals surface area contributed by atoms with Gasteiger partial charge in [0, 0.05) is 39.5 Å². The topological polar surface area (TPSA) is 49.9 Å². The number of hydrogen-bond acceptors (Lipinski definition) is 3. The maximum Gasteiger partial charge on any atom is 0.222 e. The molecule has 21 heavy (non-hydrogen) atoms. The van der Waals surface area contributed by atoms with Crippen LogP contribution in [0.25, 0.3) is 0 Å². The van der Waals surface area contributed by atoms with E-state index >= 15 is 0 Å². The molecule has 2 aliphatic heterocycles. The molecule has 0 aromatic heterocycles. The fourth-order valence-corrected chi connectivity index (χ4v) is 4.14. The van der Waals surface area contributed by atoms with Crippen LogP contribution in [-0.4, -0.2) is 61.0 Å². The number of carbonyl (C=O) groups is 2. The van der Waals surface area contributed by atoms with Gasteiger partial charge in [-0.3, -0.25) is 9.59 Å². The van der Waals surface area contributed by atoms with Gasteiger partial charge in [-0.25, -0.2) is 0 Å². The van der Waals surface area contributed by atoms with Gasteiger partial charge in [-0.2, -0.15) is 0 Å². The Bertz CT molecular complexity index is 414. The summed E-state index contributed by atoms with van der Waals surface area (Å²) in [5.41, 5.74) is 0.330. The predicted molar refractivity (Wildman–Crippen MR) is 78.7 cm³/mol. The van der Waals surface area contributed by atoms with Crippen molar-refractivity contribution in [3.63, 3.8) is 0 Å². The van der Waals surface area contributed by atoms with Gasteiger partial charge in [0.2, 0.25) is 11.8 Å². The van der Waals surface area contributed by atoms with Crippen LogP contribution in [0.2, 0.25) is 0 Å². The molecule has 1 saturated carbocycles. The highest BCUT2D eigenvalue weighted by Gasteiger charge is 2.50. The highest BCUT2D eigenvalue weighted by Crippen LogP contribution is 2.53. The number of morpholine rings is 1. The van der Waals surface area contributed by atoms with Gasteiger partial charge < -0.3 is 14.5 Å². The van der Waals surface area contributed by atoms with Crippen LogP contribution in [0.5, 0.6) is 0 Å². The number of ether oxygens (including phenoxy) is 1. The molecule has 1 spiro atoms. The van der Waals surface area contributed by atoms with Crippen LogP contribution in [0.3, 0.4) is 0 Å². The van der Waals surface area contributed by atoms with E-state index in [0.717, 1.165) is 32.6 Å². The summed E-state index contributed by atoms with van der Waals surface area (Å²) in [4.78, 5) is 27.8. The van der Waals surface area contributed by atoms with E-state index in [0.29, 0.717) is 31.0 Å². The van der Waals surface area contributed by atoms with Gasteiger partial charge >= 0.3 is 0 Å². The van der Waals surface area contributed by atoms with E-state index in [1.807, 2.05) is 9.80 Å². The van der Waals surface area contributed by atoms with Gasteiger partial charge in [0.05, 0.1) is 13.2 Å². The van der Waals surface area contributed by atoms with E-state index in [9.17, 15) is 9.59 Å². The zero-order chi connectivity index (χ0) is 14.9. The van der Waals surface area contributed by atoms with E-state index in [1.54, 1.807) is 6.92 Å². The van der Waals surface area contributed by atoms with Crippen molar-refractivity contribution in [2.75, 3.05) is 39.4 Å². The Labute approximate surface area is 126 Å². The smallest absolute Gasteiger partial charge is 0.222 e. The Morgan fingerprint density at radius 3 is 2.48 bits per heavy atom. The van der Waals surface area contributed by atoms with Crippen LogP contribution in [-0.2, 0) is 14.3 Å². The third-order valence-corrected chi connectivity index (χ3v) is 5.68. The molecule has 1 aliphatic carbocycles. The first kappa shape index (κ1) is 14.8. The third kappa shape index (κ3) is 2.93. The van der Waals surface area contributed by atoms with Crippen LogP contribution in [0.15, 0.2) is 0 Å². The lowest BCUT2D eigenvalue weighted by atomic mass is 9.62.